The lowest BCUT2D eigenvalue weighted by Gasteiger charge is -2.09. The summed E-state index contributed by atoms with van der Waals surface area (Å²) in [5.41, 5.74) is 5.32. The molecular weight excluding hydrogens is 528 g/mol. The van der Waals surface area contributed by atoms with Crippen molar-refractivity contribution in [2.24, 2.45) is 0 Å². The second kappa shape index (κ2) is 16.0. The third-order valence-electron chi connectivity index (χ3n) is 6.74. The van der Waals surface area contributed by atoms with E-state index in [1.165, 1.54) is 0 Å². The van der Waals surface area contributed by atoms with Crippen LogP contribution in [0.2, 0.25) is 0 Å². The van der Waals surface area contributed by atoms with E-state index >= 15 is 0 Å². The summed E-state index contributed by atoms with van der Waals surface area (Å²) in [6.45, 7) is 5.69. The van der Waals surface area contributed by atoms with Crippen molar-refractivity contribution in [1.29, 1.82) is 0 Å². The predicted molar refractivity (Wildman–Crippen MR) is 165 cm³/mol. The Morgan fingerprint density at radius 1 is 0.452 bits per heavy atom. The lowest BCUT2D eigenvalue weighted by atomic mass is 10.0. The van der Waals surface area contributed by atoms with Gasteiger partial charge in [-0.05, 0) is 110 Å². The first-order valence-electron chi connectivity index (χ1n) is 14.6. The van der Waals surface area contributed by atoms with Crippen LogP contribution in [0.1, 0.15) is 60.2 Å². The Kier molecular flexibility index (Phi) is 11.6. The third kappa shape index (κ3) is 8.96. The van der Waals surface area contributed by atoms with Gasteiger partial charge >= 0.3 is 11.9 Å². The number of hydrogen-bond donors (Lipinski definition) is 0. The van der Waals surface area contributed by atoms with Crippen molar-refractivity contribution in [2.45, 2.75) is 39.5 Å². The molecule has 42 heavy (non-hydrogen) atoms. The van der Waals surface area contributed by atoms with Crippen LogP contribution in [0.15, 0.2) is 97.1 Å². The van der Waals surface area contributed by atoms with Crippen LogP contribution in [0.3, 0.4) is 0 Å². The van der Waals surface area contributed by atoms with Gasteiger partial charge in [-0.15, -0.1) is 0 Å². The zero-order chi connectivity index (χ0) is 29.6. The van der Waals surface area contributed by atoms with Crippen LogP contribution in [0, 0.1) is 0 Å². The summed E-state index contributed by atoms with van der Waals surface area (Å²) in [5.74, 6) is 1.10. The van der Waals surface area contributed by atoms with Crippen molar-refractivity contribution in [1.82, 2.24) is 0 Å². The molecule has 0 N–H and O–H groups in total. The van der Waals surface area contributed by atoms with Gasteiger partial charge in [-0.25, -0.2) is 9.59 Å². The summed E-state index contributed by atoms with van der Waals surface area (Å²) < 4.78 is 21.9. The number of carbonyl (C=O) groups is 2. The van der Waals surface area contributed by atoms with Crippen molar-refractivity contribution in [2.75, 3.05) is 26.4 Å². The lowest BCUT2D eigenvalue weighted by molar-refractivity contribution is 0.0517. The first-order valence-corrected chi connectivity index (χ1v) is 14.6. The fourth-order valence-corrected chi connectivity index (χ4v) is 4.45. The van der Waals surface area contributed by atoms with Gasteiger partial charge in [-0.3, -0.25) is 0 Å². The molecule has 0 spiro atoms. The number of ether oxygens (including phenoxy) is 4. The summed E-state index contributed by atoms with van der Waals surface area (Å²) >= 11 is 0. The predicted octanol–water partition coefficient (Wildman–Crippen LogP) is 8.39. The van der Waals surface area contributed by atoms with Gasteiger partial charge in [-0.2, -0.15) is 0 Å². The van der Waals surface area contributed by atoms with E-state index in [1.54, 1.807) is 38.1 Å². The van der Waals surface area contributed by atoms with Crippen LogP contribution in [0.5, 0.6) is 11.5 Å². The first kappa shape index (κ1) is 30.4. The second-order valence-corrected chi connectivity index (χ2v) is 9.76. The van der Waals surface area contributed by atoms with Crippen LogP contribution in [-0.4, -0.2) is 38.4 Å². The smallest absolute Gasteiger partial charge is 0.338 e. The van der Waals surface area contributed by atoms with E-state index in [4.69, 9.17) is 18.9 Å². The normalized spacial score (nSPS) is 10.6. The van der Waals surface area contributed by atoms with Gasteiger partial charge in [0.1, 0.15) is 11.5 Å². The van der Waals surface area contributed by atoms with Crippen LogP contribution in [-0.2, 0) is 9.47 Å². The minimum Gasteiger partial charge on any atom is -0.494 e. The Balaban J connectivity index is 1.09. The molecule has 4 rings (SSSR count). The summed E-state index contributed by atoms with van der Waals surface area (Å²) in [4.78, 5) is 23.7. The molecule has 4 aromatic carbocycles. The molecule has 218 valence electrons. The molecule has 0 saturated heterocycles. The molecule has 0 aliphatic carbocycles. The first-order chi connectivity index (χ1) is 20.6. The highest BCUT2D eigenvalue weighted by Crippen LogP contribution is 2.25. The maximum Gasteiger partial charge on any atom is 0.338 e. The summed E-state index contributed by atoms with van der Waals surface area (Å²) in [5, 5.41) is 0. The van der Waals surface area contributed by atoms with Gasteiger partial charge in [0.15, 0.2) is 0 Å². The Hall–Kier alpha value is -4.58. The van der Waals surface area contributed by atoms with E-state index in [0.29, 0.717) is 37.6 Å². The van der Waals surface area contributed by atoms with E-state index < -0.39 is 0 Å². The summed E-state index contributed by atoms with van der Waals surface area (Å²) in [6, 6.07) is 30.9. The maximum atomic E-state index is 11.8. The molecule has 0 amide bonds. The molecule has 0 bridgehead atoms. The van der Waals surface area contributed by atoms with E-state index in [-0.39, 0.29) is 11.9 Å². The monoisotopic (exact) mass is 566 g/mol. The highest BCUT2D eigenvalue weighted by molar-refractivity contribution is 5.90. The van der Waals surface area contributed by atoms with Crippen molar-refractivity contribution in [3.05, 3.63) is 108 Å². The van der Waals surface area contributed by atoms with Crippen LogP contribution in [0.25, 0.3) is 22.3 Å². The summed E-state index contributed by atoms with van der Waals surface area (Å²) in [7, 11) is 0. The second-order valence-electron chi connectivity index (χ2n) is 9.76. The van der Waals surface area contributed by atoms with Crippen molar-refractivity contribution < 1.29 is 28.5 Å². The number of benzene rings is 4. The van der Waals surface area contributed by atoms with Gasteiger partial charge in [0, 0.05) is 0 Å². The fourth-order valence-electron chi connectivity index (χ4n) is 4.45. The average Bonchev–Trinajstić information content (AvgIpc) is 3.03. The maximum absolute atomic E-state index is 11.8. The fraction of sp³-hybridized carbons (Fsp3) is 0.278. The van der Waals surface area contributed by atoms with E-state index in [0.717, 1.165) is 59.4 Å². The van der Waals surface area contributed by atoms with Crippen molar-refractivity contribution >= 4 is 11.9 Å². The number of esters is 2. The third-order valence-corrected chi connectivity index (χ3v) is 6.74. The largest absolute Gasteiger partial charge is 0.494 e. The number of carbonyl (C=O) groups excluding carboxylic acids is 2. The molecule has 6 nitrogen and oxygen atoms in total. The number of unbranched alkanes of at least 4 members (excludes halogenated alkanes) is 3. The van der Waals surface area contributed by atoms with Gasteiger partial charge < -0.3 is 18.9 Å². The lowest BCUT2D eigenvalue weighted by Crippen LogP contribution is -2.04. The van der Waals surface area contributed by atoms with Gasteiger partial charge in [-0.1, -0.05) is 48.5 Å². The average molecular weight is 567 g/mol. The molecule has 0 heterocycles. The molecule has 0 aliphatic rings. The quantitative estimate of drug-likeness (QED) is 0.106. The topological polar surface area (TPSA) is 71.1 Å². The van der Waals surface area contributed by atoms with E-state index in [2.05, 4.69) is 0 Å². The van der Waals surface area contributed by atoms with Gasteiger partial charge in [0.25, 0.3) is 0 Å². The molecule has 0 radical (unpaired) electrons. The van der Waals surface area contributed by atoms with Crippen molar-refractivity contribution in [3.8, 4) is 33.8 Å². The molecule has 0 saturated carbocycles. The number of hydrogen-bond acceptors (Lipinski definition) is 6. The summed E-state index contributed by atoms with van der Waals surface area (Å²) in [6.07, 6.45) is 4.13. The highest BCUT2D eigenvalue weighted by atomic mass is 16.5. The molecule has 0 aliphatic heterocycles. The molecule has 6 heteroatoms. The van der Waals surface area contributed by atoms with Gasteiger partial charge in [0.2, 0.25) is 0 Å². The highest BCUT2D eigenvalue weighted by Gasteiger charge is 2.08. The Morgan fingerprint density at radius 3 is 1.07 bits per heavy atom. The molecular formula is C36H38O6. The minimum absolute atomic E-state index is 0.302. The van der Waals surface area contributed by atoms with E-state index in [1.807, 2.05) is 72.8 Å². The number of rotatable bonds is 15. The Bertz CT molecular complexity index is 1280. The van der Waals surface area contributed by atoms with Crippen LogP contribution < -0.4 is 9.47 Å². The Labute approximate surface area is 248 Å². The van der Waals surface area contributed by atoms with Crippen LogP contribution in [0.4, 0.5) is 0 Å². The minimum atomic E-state index is -0.302. The SMILES string of the molecule is CCOC(=O)c1ccc(-c2ccc(OCCCCCCOc3ccc(-c4ccc(C(=O)OCC)cc4)cc3)cc2)cc1. The molecule has 4 aromatic rings. The Morgan fingerprint density at radius 2 is 0.762 bits per heavy atom. The molecule has 0 aromatic heterocycles. The standard InChI is InChI=1S/C36H38O6/c1-3-39-35(37)31-13-9-27(10-14-31)29-17-21-33(22-18-29)41-25-7-5-6-8-26-42-34-23-19-30(20-24-34)28-11-15-32(16-12-28)36(38)40-4-2/h9-24H,3-8,25-26H2,1-2H3. The van der Waals surface area contributed by atoms with Crippen LogP contribution >= 0.6 is 0 Å². The molecule has 0 fully saturated rings. The van der Waals surface area contributed by atoms with Crippen molar-refractivity contribution in [3.63, 3.8) is 0 Å². The molecule has 0 unspecified atom stereocenters. The zero-order valence-corrected chi connectivity index (χ0v) is 24.3. The zero-order valence-electron chi connectivity index (χ0n) is 24.3. The van der Waals surface area contributed by atoms with Gasteiger partial charge in [0.05, 0.1) is 37.6 Å². The molecule has 0 atom stereocenters. The van der Waals surface area contributed by atoms with E-state index in [9.17, 15) is 9.59 Å².